The average molecular weight is 196 g/mol. The molecule has 4 heterocycles. The molecule has 0 radical (unpaired) electrons. The lowest BCUT2D eigenvalue weighted by Gasteiger charge is -2.43. The predicted octanol–water partition coefficient (Wildman–Crippen LogP) is 0.962. The molecule has 3 heteroatoms. The van der Waals surface area contributed by atoms with Crippen LogP contribution in [0.5, 0.6) is 0 Å². The third-order valence-corrected chi connectivity index (χ3v) is 4.04. The molecular formula is C11H20N2O. The number of hydroxylamine groups is 2. The van der Waals surface area contributed by atoms with Gasteiger partial charge in [0, 0.05) is 37.6 Å². The van der Waals surface area contributed by atoms with E-state index < -0.39 is 0 Å². The first-order valence-electron chi connectivity index (χ1n) is 5.71. The normalized spacial score (nSPS) is 54.6. The smallest absolute Gasteiger partial charge is 0.0741 e. The maximum Gasteiger partial charge on any atom is 0.0741 e. The van der Waals surface area contributed by atoms with Gasteiger partial charge in [0.25, 0.3) is 0 Å². The Hall–Kier alpha value is -0.120. The maximum atomic E-state index is 5.84. The van der Waals surface area contributed by atoms with Crippen molar-refractivity contribution >= 4 is 0 Å². The molecule has 2 unspecified atom stereocenters. The highest BCUT2D eigenvalue weighted by Crippen LogP contribution is 2.43. The second-order valence-electron chi connectivity index (χ2n) is 5.89. The summed E-state index contributed by atoms with van der Waals surface area (Å²) in [5.41, 5.74) is 0.393. The fourth-order valence-electron chi connectivity index (χ4n) is 3.76. The third-order valence-electron chi connectivity index (χ3n) is 4.04. The van der Waals surface area contributed by atoms with Crippen LogP contribution in [-0.2, 0) is 4.84 Å². The molecular weight excluding hydrogens is 176 g/mol. The summed E-state index contributed by atoms with van der Waals surface area (Å²) in [7, 11) is 0. The number of hydrogen-bond acceptors (Lipinski definition) is 3. The van der Waals surface area contributed by atoms with Crippen LogP contribution in [0.1, 0.15) is 20.8 Å². The van der Waals surface area contributed by atoms with Gasteiger partial charge in [-0.25, -0.2) is 0 Å². The monoisotopic (exact) mass is 196 g/mol. The van der Waals surface area contributed by atoms with E-state index in [1.165, 1.54) is 19.6 Å². The fraction of sp³-hybridized carbons (Fsp3) is 1.00. The van der Waals surface area contributed by atoms with Gasteiger partial charge in [0.15, 0.2) is 0 Å². The van der Waals surface area contributed by atoms with Crippen LogP contribution in [0.25, 0.3) is 0 Å². The van der Waals surface area contributed by atoms with Gasteiger partial charge in [-0.2, -0.15) is 5.06 Å². The van der Waals surface area contributed by atoms with Crippen molar-refractivity contribution in [2.45, 2.75) is 32.9 Å². The molecule has 4 saturated heterocycles. The van der Waals surface area contributed by atoms with Gasteiger partial charge in [-0.1, -0.05) is 13.8 Å². The zero-order valence-electron chi connectivity index (χ0n) is 9.36. The van der Waals surface area contributed by atoms with Crippen LogP contribution in [0.3, 0.4) is 0 Å². The molecule has 4 aliphatic rings. The maximum absolute atomic E-state index is 5.84. The van der Waals surface area contributed by atoms with E-state index in [4.69, 9.17) is 4.84 Å². The summed E-state index contributed by atoms with van der Waals surface area (Å²) in [6.45, 7) is 11.7. The molecule has 4 aliphatic heterocycles. The predicted molar refractivity (Wildman–Crippen MR) is 54.8 cm³/mol. The van der Waals surface area contributed by atoms with Crippen molar-refractivity contribution in [3.8, 4) is 0 Å². The Morgan fingerprint density at radius 3 is 2.86 bits per heavy atom. The molecule has 0 spiro atoms. The molecule has 3 nitrogen and oxygen atoms in total. The highest BCUT2D eigenvalue weighted by molar-refractivity contribution is 5.03. The van der Waals surface area contributed by atoms with E-state index in [-0.39, 0.29) is 0 Å². The van der Waals surface area contributed by atoms with Crippen LogP contribution in [0.4, 0.5) is 0 Å². The summed E-state index contributed by atoms with van der Waals surface area (Å²) < 4.78 is 0. The van der Waals surface area contributed by atoms with Gasteiger partial charge in [0.1, 0.15) is 0 Å². The molecule has 80 valence electrons. The Morgan fingerprint density at radius 2 is 2.07 bits per heavy atom. The summed E-state index contributed by atoms with van der Waals surface area (Å²) in [4.78, 5) is 8.46. The van der Waals surface area contributed by atoms with Crippen LogP contribution in [-0.4, -0.2) is 48.3 Å². The fourth-order valence-corrected chi connectivity index (χ4v) is 3.76. The molecule has 0 amide bonds. The van der Waals surface area contributed by atoms with Gasteiger partial charge >= 0.3 is 0 Å². The van der Waals surface area contributed by atoms with E-state index in [0.717, 1.165) is 12.5 Å². The zero-order valence-corrected chi connectivity index (χ0v) is 9.36. The van der Waals surface area contributed by atoms with E-state index in [1.807, 2.05) is 0 Å². The van der Waals surface area contributed by atoms with Crippen molar-refractivity contribution < 1.29 is 4.84 Å². The first-order valence-corrected chi connectivity index (χ1v) is 5.71. The molecule has 14 heavy (non-hydrogen) atoms. The molecule has 0 aromatic carbocycles. The van der Waals surface area contributed by atoms with Crippen molar-refractivity contribution in [2.24, 2.45) is 11.3 Å². The number of fused-ring (bicyclic) bond motifs is 2. The van der Waals surface area contributed by atoms with Crippen LogP contribution in [0, 0.1) is 11.3 Å². The Morgan fingerprint density at radius 1 is 1.29 bits per heavy atom. The van der Waals surface area contributed by atoms with Crippen LogP contribution < -0.4 is 0 Å². The number of nitrogens with zero attached hydrogens (tertiary/aromatic N) is 2. The molecule has 4 rings (SSSR count). The molecule has 0 saturated carbocycles. The topological polar surface area (TPSA) is 15.7 Å². The highest BCUT2D eigenvalue weighted by atomic mass is 16.7. The summed E-state index contributed by atoms with van der Waals surface area (Å²) in [6.07, 6.45) is 0. The van der Waals surface area contributed by atoms with Crippen molar-refractivity contribution in [2.75, 3.05) is 26.2 Å². The van der Waals surface area contributed by atoms with E-state index in [1.54, 1.807) is 0 Å². The van der Waals surface area contributed by atoms with Crippen molar-refractivity contribution in [3.05, 3.63) is 0 Å². The third kappa shape index (κ3) is 1.09. The second-order valence-corrected chi connectivity index (χ2v) is 5.89. The van der Waals surface area contributed by atoms with Crippen LogP contribution in [0.15, 0.2) is 0 Å². The lowest BCUT2D eigenvalue weighted by Crippen LogP contribution is -2.53. The summed E-state index contributed by atoms with van der Waals surface area (Å²) in [5.74, 6) is 0.740. The first-order chi connectivity index (χ1) is 6.58. The minimum Gasteiger partial charge on any atom is -0.301 e. The van der Waals surface area contributed by atoms with Crippen LogP contribution in [0.2, 0.25) is 0 Å². The Bertz CT molecular complexity index is 252. The molecule has 4 fully saturated rings. The zero-order chi connectivity index (χ0) is 9.92. The second kappa shape index (κ2) is 2.71. The van der Waals surface area contributed by atoms with E-state index >= 15 is 0 Å². The van der Waals surface area contributed by atoms with Crippen molar-refractivity contribution in [1.29, 1.82) is 0 Å². The van der Waals surface area contributed by atoms with Crippen molar-refractivity contribution in [3.63, 3.8) is 0 Å². The largest absolute Gasteiger partial charge is 0.301 e. The average Bonchev–Trinajstić information content (AvgIpc) is 2.37. The van der Waals surface area contributed by atoms with Gasteiger partial charge < -0.3 is 4.90 Å². The van der Waals surface area contributed by atoms with Gasteiger partial charge in [-0.15, -0.1) is 0 Å². The van der Waals surface area contributed by atoms with Crippen molar-refractivity contribution in [1.82, 2.24) is 9.96 Å². The van der Waals surface area contributed by atoms with Gasteiger partial charge in [0.2, 0.25) is 0 Å². The minimum absolute atomic E-state index is 0.393. The molecule has 0 N–H and O–H groups in total. The summed E-state index contributed by atoms with van der Waals surface area (Å²) in [6, 6.07) is 1.21. The quantitative estimate of drug-likeness (QED) is 0.574. The van der Waals surface area contributed by atoms with Gasteiger partial charge in [-0.3, -0.25) is 4.84 Å². The lowest BCUT2D eigenvalue weighted by atomic mass is 9.75. The Kier molecular flexibility index (Phi) is 1.77. The molecule has 4 bridgehead atoms. The molecule has 5 atom stereocenters. The van der Waals surface area contributed by atoms with E-state index in [9.17, 15) is 0 Å². The number of rotatable bonds is 0. The van der Waals surface area contributed by atoms with E-state index in [2.05, 4.69) is 30.7 Å². The highest BCUT2D eigenvalue weighted by Gasteiger charge is 2.53. The van der Waals surface area contributed by atoms with E-state index in [0.29, 0.717) is 17.5 Å². The standard InChI is InChI=1S/C11H20N2O/c1-8-4-12-5-9-6-14-13(8)10(9)11(2,3)7-12/h8-10H,4-7H2,1-3H3/t8-,9-,10+/m0/s1. The Balaban J connectivity index is 2.01. The van der Waals surface area contributed by atoms with Gasteiger partial charge in [-0.05, 0) is 12.3 Å². The summed E-state index contributed by atoms with van der Waals surface area (Å²) in [5, 5.41) is 2.29. The number of piperidine rings is 1. The molecule has 0 aromatic heterocycles. The SMILES string of the molecule is C[C@H]1CN2C[C@H]3CON1[C@H]3C(C)(C)C2. The minimum atomic E-state index is 0.393. The first kappa shape index (κ1) is 9.13. The van der Waals surface area contributed by atoms with Crippen LogP contribution >= 0.6 is 0 Å². The molecule has 0 aromatic rings. The number of hydrogen-bond donors (Lipinski definition) is 0. The molecule has 0 aliphatic carbocycles. The lowest BCUT2D eigenvalue weighted by molar-refractivity contribution is -0.168. The van der Waals surface area contributed by atoms with Gasteiger partial charge in [0.05, 0.1) is 6.61 Å². The summed E-state index contributed by atoms with van der Waals surface area (Å²) >= 11 is 0. The Labute approximate surface area is 86.0 Å².